The van der Waals surface area contributed by atoms with Crippen LogP contribution in [0.5, 0.6) is 0 Å². The molecule has 3 heteroatoms. The molecule has 0 bridgehead atoms. The summed E-state index contributed by atoms with van der Waals surface area (Å²) in [5.41, 5.74) is 7.35. The third-order valence-electron chi connectivity index (χ3n) is 5.64. The summed E-state index contributed by atoms with van der Waals surface area (Å²) >= 11 is 0. The molecule has 0 saturated carbocycles. The van der Waals surface area contributed by atoms with Crippen molar-refractivity contribution in [1.82, 2.24) is 9.97 Å². The van der Waals surface area contributed by atoms with Crippen LogP contribution in [-0.2, 0) is 0 Å². The Bertz CT molecular complexity index is 1390. The SMILES string of the molecule is C1=Cc2ccccc2N(c2nc(-c3ccccc3)c3ccccc3n2)c2ccccc21. The van der Waals surface area contributed by atoms with Gasteiger partial charge in [0.1, 0.15) is 0 Å². The van der Waals surface area contributed by atoms with E-state index in [-0.39, 0.29) is 0 Å². The van der Waals surface area contributed by atoms with Crippen LogP contribution in [0.25, 0.3) is 34.3 Å². The molecule has 2 heterocycles. The molecule has 0 unspecified atom stereocenters. The number of benzene rings is 4. The third kappa shape index (κ3) is 2.99. The second-order valence-corrected chi connectivity index (χ2v) is 7.54. The number of para-hydroxylation sites is 3. The van der Waals surface area contributed by atoms with Gasteiger partial charge in [-0.25, -0.2) is 9.97 Å². The second-order valence-electron chi connectivity index (χ2n) is 7.54. The standard InChI is InChI=1S/C28H19N3/c1-2-12-22(13-3-1)27-23-14-6-7-15-24(23)29-28(30-27)31-25-16-8-4-10-20(25)18-19-21-11-5-9-17-26(21)31/h1-19H. The van der Waals surface area contributed by atoms with Gasteiger partial charge in [-0.3, -0.25) is 4.90 Å². The molecule has 146 valence electrons. The van der Waals surface area contributed by atoms with Crippen molar-refractivity contribution in [3.8, 4) is 11.3 Å². The molecular weight excluding hydrogens is 378 g/mol. The topological polar surface area (TPSA) is 29.0 Å². The van der Waals surface area contributed by atoms with Crippen molar-refractivity contribution in [2.24, 2.45) is 0 Å². The number of fused-ring (bicyclic) bond motifs is 3. The first-order valence-electron chi connectivity index (χ1n) is 10.4. The van der Waals surface area contributed by atoms with Crippen molar-refractivity contribution in [3.05, 3.63) is 114 Å². The molecular formula is C28H19N3. The first-order valence-corrected chi connectivity index (χ1v) is 10.4. The lowest BCUT2D eigenvalue weighted by atomic mass is 10.1. The predicted octanol–water partition coefficient (Wildman–Crippen LogP) is 7.25. The van der Waals surface area contributed by atoms with E-state index >= 15 is 0 Å². The third-order valence-corrected chi connectivity index (χ3v) is 5.64. The zero-order valence-electron chi connectivity index (χ0n) is 16.8. The Hall–Kier alpha value is -4.24. The van der Waals surface area contributed by atoms with E-state index in [9.17, 15) is 0 Å². The summed E-state index contributed by atoms with van der Waals surface area (Å²) in [4.78, 5) is 12.3. The average Bonchev–Trinajstić information content (AvgIpc) is 3.01. The second kappa shape index (κ2) is 7.22. The minimum absolute atomic E-state index is 0.668. The molecule has 0 fully saturated rings. The lowest BCUT2D eigenvalue weighted by molar-refractivity contribution is 1.11. The summed E-state index contributed by atoms with van der Waals surface area (Å²) in [6.07, 6.45) is 4.32. The highest BCUT2D eigenvalue weighted by molar-refractivity contribution is 5.96. The molecule has 1 aliphatic heterocycles. The highest BCUT2D eigenvalue weighted by atomic mass is 15.3. The van der Waals surface area contributed by atoms with Crippen LogP contribution in [0.4, 0.5) is 17.3 Å². The summed E-state index contributed by atoms with van der Waals surface area (Å²) in [5, 5.41) is 1.05. The first kappa shape index (κ1) is 17.6. The van der Waals surface area contributed by atoms with Gasteiger partial charge in [0.15, 0.2) is 0 Å². The number of aromatic nitrogens is 2. The molecule has 3 nitrogen and oxygen atoms in total. The van der Waals surface area contributed by atoms with E-state index in [0.29, 0.717) is 5.95 Å². The van der Waals surface area contributed by atoms with E-state index in [1.165, 1.54) is 0 Å². The molecule has 0 spiro atoms. The molecule has 0 saturated heterocycles. The van der Waals surface area contributed by atoms with Gasteiger partial charge >= 0.3 is 0 Å². The number of rotatable bonds is 2. The zero-order valence-corrected chi connectivity index (χ0v) is 16.8. The monoisotopic (exact) mass is 397 g/mol. The van der Waals surface area contributed by atoms with Gasteiger partial charge in [0, 0.05) is 10.9 Å². The Morgan fingerprint density at radius 2 is 1.10 bits per heavy atom. The summed E-state index contributed by atoms with van der Waals surface area (Å²) in [6, 6.07) is 35.3. The maximum Gasteiger partial charge on any atom is 0.235 e. The van der Waals surface area contributed by atoms with Crippen molar-refractivity contribution >= 4 is 40.4 Å². The van der Waals surface area contributed by atoms with Gasteiger partial charge in [-0.2, -0.15) is 0 Å². The zero-order chi connectivity index (χ0) is 20.6. The molecule has 6 rings (SSSR count). The lowest BCUT2D eigenvalue weighted by Crippen LogP contribution is -2.15. The van der Waals surface area contributed by atoms with Crippen LogP contribution in [0.3, 0.4) is 0 Å². The van der Waals surface area contributed by atoms with Crippen molar-refractivity contribution in [2.75, 3.05) is 4.90 Å². The molecule has 1 aliphatic rings. The molecule has 5 aromatic rings. The lowest BCUT2D eigenvalue weighted by Gasteiger charge is -2.25. The maximum atomic E-state index is 5.12. The molecule has 1 aromatic heterocycles. The van der Waals surface area contributed by atoms with Gasteiger partial charge in [0.25, 0.3) is 0 Å². The minimum Gasteiger partial charge on any atom is -0.278 e. The fourth-order valence-electron chi connectivity index (χ4n) is 4.17. The average molecular weight is 397 g/mol. The molecule has 4 aromatic carbocycles. The molecule has 0 N–H and O–H groups in total. The van der Waals surface area contributed by atoms with Crippen LogP contribution in [0.1, 0.15) is 11.1 Å². The highest BCUT2D eigenvalue weighted by Gasteiger charge is 2.23. The maximum absolute atomic E-state index is 5.12. The fourth-order valence-corrected chi connectivity index (χ4v) is 4.17. The first-order chi connectivity index (χ1) is 15.4. The van der Waals surface area contributed by atoms with Crippen molar-refractivity contribution < 1.29 is 0 Å². The van der Waals surface area contributed by atoms with E-state index < -0.39 is 0 Å². The van der Waals surface area contributed by atoms with E-state index in [4.69, 9.17) is 9.97 Å². The van der Waals surface area contributed by atoms with Crippen LogP contribution in [0, 0.1) is 0 Å². The van der Waals surface area contributed by atoms with Crippen LogP contribution >= 0.6 is 0 Å². The largest absolute Gasteiger partial charge is 0.278 e. The van der Waals surface area contributed by atoms with E-state index in [1.807, 2.05) is 30.3 Å². The predicted molar refractivity (Wildman–Crippen MR) is 129 cm³/mol. The van der Waals surface area contributed by atoms with Gasteiger partial charge in [-0.05, 0) is 29.3 Å². The normalized spacial score (nSPS) is 12.3. The Balaban J connectivity index is 1.67. The van der Waals surface area contributed by atoms with Crippen molar-refractivity contribution in [3.63, 3.8) is 0 Å². The van der Waals surface area contributed by atoms with Crippen LogP contribution in [-0.4, -0.2) is 9.97 Å². The Labute approximate surface area is 181 Å². The Morgan fingerprint density at radius 1 is 0.516 bits per heavy atom. The molecule has 31 heavy (non-hydrogen) atoms. The summed E-state index contributed by atoms with van der Waals surface area (Å²) in [7, 11) is 0. The number of hydrogen-bond donors (Lipinski definition) is 0. The van der Waals surface area contributed by atoms with E-state index in [2.05, 4.69) is 89.8 Å². The van der Waals surface area contributed by atoms with Gasteiger partial charge < -0.3 is 0 Å². The van der Waals surface area contributed by atoms with Gasteiger partial charge in [-0.15, -0.1) is 0 Å². The van der Waals surface area contributed by atoms with Crippen molar-refractivity contribution in [1.29, 1.82) is 0 Å². The Morgan fingerprint density at radius 3 is 1.81 bits per heavy atom. The molecule has 0 aliphatic carbocycles. The molecule has 0 atom stereocenters. The van der Waals surface area contributed by atoms with Gasteiger partial charge in [0.2, 0.25) is 5.95 Å². The van der Waals surface area contributed by atoms with E-state index in [1.54, 1.807) is 0 Å². The summed E-state index contributed by atoms with van der Waals surface area (Å²) in [6.45, 7) is 0. The highest BCUT2D eigenvalue weighted by Crippen LogP contribution is 2.41. The quantitative estimate of drug-likeness (QED) is 0.308. The van der Waals surface area contributed by atoms with E-state index in [0.717, 1.165) is 44.7 Å². The summed E-state index contributed by atoms with van der Waals surface area (Å²) in [5.74, 6) is 0.668. The molecule has 0 amide bonds. The fraction of sp³-hybridized carbons (Fsp3) is 0. The van der Waals surface area contributed by atoms with Crippen LogP contribution in [0.2, 0.25) is 0 Å². The smallest absolute Gasteiger partial charge is 0.235 e. The Kier molecular flexibility index (Phi) is 4.10. The van der Waals surface area contributed by atoms with Crippen molar-refractivity contribution in [2.45, 2.75) is 0 Å². The van der Waals surface area contributed by atoms with Gasteiger partial charge in [0.05, 0.1) is 22.6 Å². The minimum atomic E-state index is 0.668. The van der Waals surface area contributed by atoms with Crippen LogP contribution in [0.15, 0.2) is 103 Å². The summed E-state index contributed by atoms with van der Waals surface area (Å²) < 4.78 is 0. The molecule has 0 radical (unpaired) electrons. The number of nitrogens with zero attached hydrogens (tertiary/aromatic N) is 3. The number of hydrogen-bond acceptors (Lipinski definition) is 3. The number of anilines is 3. The van der Waals surface area contributed by atoms with Gasteiger partial charge in [-0.1, -0.05) is 97.1 Å². The van der Waals surface area contributed by atoms with Crippen LogP contribution < -0.4 is 4.90 Å².